The van der Waals surface area contributed by atoms with E-state index >= 15 is 0 Å². The van der Waals surface area contributed by atoms with E-state index < -0.39 is 0 Å². The van der Waals surface area contributed by atoms with E-state index in [1.807, 2.05) is 12.1 Å². The molecule has 0 saturated heterocycles. The van der Waals surface area contributed by atoms with E-state index in [9.17, 15) is 4.79 Å². The van der Waals surface area contributed by atoms with Gasteiger partial charge in [0.25, 0.3) is 0 Å². The maximum Gasteiger partial charge on any atom is 0.248 e. The van der Waals surface area contributed by atoms with Crippen LogP contribution in [0.25, 0.3) is 0 Å². The number of rotatable bonds is 4. The van der Waals surface area contributed by atoms with Crippen molar-refractivity contribution < 1.29 is 4.79 Å². The van der Waals surface area contributed by atoms with E-state index in [4.69, 9.17) is 5.73 Å². The van der Waals surface area contributed by atoms with Crippen LogP contribution in [0.15, 0.2) is 24.3 Å². The van der Waals surface area contributed by atoms with Gasteiger partial charge in [-0.05, 0) is 54.7 Å². The van der Waals surface area contributed by atoms with Gasteiger partial charge in [-0.2, -0.15) is 0 Å². The first-order chi connectivity index (χ1) is 9.08. The summed E-state index contributed by atoms with van der Waals surface area (Å²) in [5, 5.41) is 0. The maximum atomic E-state index is 11.1. The fourth-order valence-electron chi connectivity index (χ4n) is 3.48. The molecule has 1 aliphatic carbocycles. The Morgan fingerprint density at radius 1 is 1.21 bits per heavy atom. The quantitative estimate of drug-likeness (QED) is 0.878. The molecule has 0 aromatic heterocycles. The van der Waals surface area contributed by atoms with E-state index in [2.05, 4.69) is 26.0 Å². The number of nitrogens with two attached hydrogens (primary N) is 1. The summed E-state index contributed by atoms with van der Waals surface area (Å²) in [6.07, 6.45) is 6.62. The predicted octanol–water partition coefficient (Wildman–Crippen LogP) is 3.79. The summed E-state index contributed by atoms with van der Waals surface area (Å²) in [7, 11) is 0. The van der Waals surface area contributed by atoms with Crippen LogP contribution >= 0.6 is 0 Å². The minimum absolute atomic E-state index is 0.343. The van der Waals surface area contributed by atoms with Crippen LogP contribution in [-0.2, 0) is 6.42 Å². The van der Waals surface area contributed by atoms with Crippen molar-refractivity contribution in [1.29, 1.82) is 0 Å². The number of benzene rings is 1. The molecule has 0 bridgehead atoms. The van der Waals surface area contributed by atoms with Crippen molar-refractivity contribution in [3.8, 4) is 0 Å². The summed E-state index contributed by atoms with van der Waals surface area (Å²) < 4.78 is 0. The average Bonchev–Trinajstić information content (AvgIpc) is 2.39. The second kappa shape index (κ2) is 6.23. The third-order valence-corrected chi connectivity index (χ3v) is 4.56. The molecule has 2 atom stereocenters. The Bertz CT molecular complexity index is 421. The fraction of sp³-hybridized carbons (Fsp3) is 0.588. The average molecular weight is 259 g/mol. The zero-order valence-corrected chi connectivity index (χ0v) is 12.1. The van der Waals surface area contributed by atoms with Gasteiger partial charge in [-0.1, -0.05) is 38.8 Å². The topological polar surface area (TPSA) is 43.1 Å². The molecular weight excluding hydrogens is 234 g/mol. The third kappa shape index (κ3) is 3.59. The van der Waals surface area contributed by atoms with E-state index in [1.165, 1.54) is 31.2 Å². The molecular formula is C17H25NO. The maximum absolute atomic E-state index is 11.1. The van der Waals surface area contributed by atoms with Gasteiger partial charge in [-0.3, -0.25) is 4.79 Å². The summed E-state index contributed by atoms with van der Waals surface area (Å²) in [5.41, 5.74) is 7.21. The zero-order chi connectivity index (χ0) is 13.8. The van der Waals surface area contributed by atoms with Gasteiger partial charge in [0, 0.05) is 5.56 Å². The highest BCUT2D eigenvalue weighted by atomic mass is 16.1. The molecule has 2 heteroatoms. The van der Waals surface area contributed by atoms with E-state index in [0.29, 0.717) is 5.56 Å². The number of hydrogen-bond donors (Lipinski definition) is 1. The lowest BCUT2D eigenvalue weighted by molar-refractivity contribution is 0.100. The summed E-state index contributed by atoms with van der Waals surface area (Å²) in [6, 6.07) is 7.83. The van der Waals surface area contributed by atoms with Crippen LogP contribution in [0.5, 0.6) is 0 Å². The SMILES string of the molecule is CC(C)C1CCCCC1Cc1ccc(C(N)=O)cc1. The summed E-state index contributed by atoms with van der Waals surface area (Å²) >= 11 is 0. The van der Waals surface area contributed by atoms with Crippen LogP contribution in [0.3, 0.4) is 0 Å². The second-order valence-corrected chi connectivity index (χ2v) is 6.22. The molecule has 0 spiro atoms. The predicted molar refractivity (Wildman–Crippen MR) is 78.9 cm³/mol. The molecule has 1 aromatic carbocycles. The number of primary amides is 1. The molecule has 1 aliphatic rings. The largest absolute Gasteiger partial charge is 0.366 e. The highest BCUT2D eigenvalue weighted by Gasteiger charge is 2.27. The van der Waals surface area contributed by atoms with Crippen LogP contribution in [0.2, 0.25) is 0 Å². The Kier molecular flexibility index (Phi) is 4.62. The minimum atomic E-state index is -0.343. The van der Waals surface area contributed by atoms with Gasteiger partial charge < -0.3 is 5.73 Å². The highest BCUT2D eigenvalue weighted by molar-refractivity contribution is 5.92. The molecule has 0 heterocycles. The fourth-order valence-corrected chi connectivity index (χ4v) is 3.48. The van der Waals surface area contributed by atoms with Gasteiger partial charge in [-0.25, -0.2) is 0 Å². The van der Waals surface area contributed by atoms with Crippen LogP contribution in [0.1, 0.15) is 55.5 Å². The van der Waals surface area contributed by atoms with Gasteiger partial charge in [0.05, 0.1) is 0 Å². The lowest BCUT2D eigenvalue weighted by Crippen LogP contribution is -2.25. The van der Waals surface area contributed by atoms with Crippen molar-refractivity contribution >= 4 is 5.91 Å². The van der Waals surface area contributed by atoms with Crippen molar-refractivity contribution in [1.82, 2.24) is 0 Å². The lowest BCUT2D eigenvalue weighted by atomic mass is 9.71. The molecule has 0 aliphatic heterocycles. The molecule has 1 aromatic rings. The Hall–Kier alpha value is -1.31. The van der Waals surface area contributed by atoms with E-state index in [0.717, 1.165) is 24.2 Å². The number of hydrogen-bond acceptors (Lipinski definition) is 1. The smallest absolute Gasteiger partial charge is 0.248 e. The minimum Gasteiger partial charge on any atom is -0.366 e. The van der Waals surface area contributed by atoms with Crippen molar-refractivity contribution in [3.63, 3.8) is 0 Å². The number of carbonyl (C=O) groups excluding carboxylic acids is 1. The van der Waals surface area contributed by atoms with E-state index in [-0.39, 0.29) is 5.91 Å². The summed E-state index contributed by atoms with van der Waals surface area (Å²) in [4.78, 5) is 11.1. The molecule has 104 valence electrons. The van der Waals surface area contributed by atoms with Crippen LogP contribution in [0, 0.1) is 17.8 Å². The second-order valence-electron chi connectivity index (χ2n) is 6.22. The third-order valence-electron chi connectivity index (χ3n) is 4.56. The van der Waals surface area contributed by atoms with Crippen LogP contribution < -0.4 is 5.73 Å². The highest BCUT2D eigenvalue weighted by Crippen LogP contribution is 2.37. The Labute approximate surface area is 116 Å². The summed E-state index contributed by atoms with van der Waals surface area (Å²) in [6.45, 7) is 4.69. The lowest BCUT2D eigenvalue weighted by Gasteiger charge is -2.34. The zero-order valence-electron chi connectivity index (χ0n) is 12.1. The monoisotopic (exact) mass is 259 g/mol. The van der Waals surface area contributed by atoms with Gasteiger partial charge in [-0.15, -0.1) is 0 Å². The molecule has 1 fully saturated rings. The number of amides is 1. The van der Waals surface area contributed by atoms with Gasteiger partial charge in [0.1, 0.15) is 0 Å². The first kappa shape index (κ1) is 14.1. The van der Waals surface area contributed by atoms with Gasteiger partial charge >= 0.3 is 0 Å². The summed E-state index contributed by atoms with van der Waals surface area (Å²) in [5.74, 6) is 2.08. The Morgan fingerprint density at radius 2 is 1.84 bits per heavy atom. The van der Waals surface area contributed by atoms with E-state index in [1.54, 1.807) is 0 Å². The molecule has 2 nitrogen and oxygen atoms in total. The van der Waals surface area contributed by atoms with Crippen molar-refractivity contribution in [2.75, 3.05) is 0 Å². The first-order valence-electron chi connectivity index (χ1n) is 7.46. The molecule has 1 amide bonds. The Morgan fingerprint density at radius 3 is 2.42 bits per heavy atom. The van der Waals surface area contributed by atoms with Crippen molar-refractivity contribution in [2.24, 2.45) is 23.5 Å². The first-order valence-corrected chi connectivity index (χ1v) is 7.46. The number of carbonyl (C=O) groups is 1. The van der Waals surface area contributed by atoms with Crippen molar-refractivity contribution in [2.45, 2.75) is 46.0 Å². The molecule has 0 radical (unpaired) electrons. The van der Waals surface area contributed by atoms with Crippen molar-refractivity contribution in [3.05, 3.63) is 35.4 Å². The van der Waals surface area contributed by atoms with Crippen LogP contribution in [-0.4, -0.2) is 5.91 Å². The molecule has 19 heavy (non-hydrogen) atoms. The van der Waals surface area contributed by atoms with Gasteiger partial charge in [0.15, 0.2) is 0 Å². The molecule has 2 rings (SSSR count). The molecule has 2 unspecified atom stereocenters. The standard InChI is InChI=1S/C17H25NO/c1-12(2)16-6-4-3-5-15(16)11-13-7-9-14(10-8-13)17(18)19/h7-10,12,15-16H,3-6,11H2,1-2H3,(H2,18,19). The molecule has 2 N–H and O–H groups in total. The molecule has 1 saturated carbocycles. The normalized spacial score (nSPS) is 23.5. The van der Waals surface area contributed by atoms with Gasteiger partial charge in [0.2, 0.25) is 5.91 Å². The van der Waals surface area contributed by atoms with Crippen LogP contribution in [0.4, 0.5) is 0 Å². The Balaban J connectivity index is 2.04.